The van der Waals surface area contributed by atoms with Gasteiger partial charge in [0.05, 0.1) is 17.0 Å². The van der Waals surface area contributed by atoms with Crippen molar-refractivity contribution in [1.29, 1.82) is 0 Å². The lowest BCUT2D eigenvalue weighted by Gasteiger charge is -2.17. The summed E-state index contributed by atoms with van der Waals surface area (Å²) in [5.74, 6) is -2.79. The molecule has 1 fully saturated rings. The number of ether oxygens (including phenoxy) is 1. The summed E-state index contributed by atoms with van der Waals surface area (Å²) in [5.41, 5.74) is -1.01. The van der Waals surface area contributed by atoms with Crippen LogP contribution in [0.1, 0.15) is 16.8 Å². The number of cyclic esters (lactones) is 1. The zero-order valence-corrected chi connectivity index (χ0v) is 11.1. The highest BCUT2D eigenvalue weighted by molar-refractivity contribution is 6.01. The molecule has 9 heteroatoms. The van der Waals surface area contributed by atoms with Gasteiger partial charge in [-0.25, -0.2) is 9.18 Å². The molecule has 1 amide bonds. The summed E-state index contributed by atoms with van der Waals surface area (Å²) in [6.07, 6.45) is -0.377. The number of benzene rings is 1. The van der Waals surface area contributed by atoms with Crippen LogP contribution < -0.4 is 4.90 Å². The minimum Gasteiger partial charge on any atom is -0.447 e. The van der Waals surface area contributed by atoms with Crippen LogP contribution in [0, 0.1) is 11.6 Å². The molecule has 0 radical (unpaired) electrons. The molecule has 1 saturated heterocycles. The van der Waals surface area contributed by atoms with Gasteiger partial charge >= 0.3 is 6.09 Å². The summed E-state index contributed by atoms with van der Waals surface area (Å²) in [5, 5.41) is 12.6. The molecule has 1 aromatic carbocycles. The molecule has 2 heterocycles. The summed E-state index contributed by atoms with van der Waals surface area (Å²) < 4.78 is 37.0. The van der Waals surface area contributed by atoms with E-state index in [-0.39, 0.29) is 37.1 Å². The van der Waals surface area contributed by atoms with Crippen molar-refractivity contribution in [3.8, 4) is 0 Å². The zero-order valence-electron chi connectivity index (χ0n) is 11.1. The summed E-state index contributed by atoms with van der Waals surface area (Å²) in [6, 6.07) is 0.535. The number of aliphatic hydroxyl groups is 1. The van der Waals surface area contributed by atoms with Gasteiger partial charge in [-0.2, -0.15) is 4.39 Å². The highest BCUT2D eigenvalue weighted by Crippen LogP contribution is 2.34. The zero-order chi connectivity index (χ0) is 15.9. The third-order valence-electron chi connectivity index (χ3n) is 3.43. The fraction of sp³-hybridized carbons (Fsp3) is 0.308. The Bertz CT molecular complexity index is 760. The Balaban J connectivity index is 2.17. The van der Waals surface area contributed by atoms with Gasteiger partial charge in [0, 0.05) is 6.61 Å². The van der Waals surface area contributed by atoms with Gasteiger partial charge in [-0.15, -0.1) is 0 Å². The number of aromatic nitrogens is 1. The Morgan fingerprint density at radius 1 is 1.45 bits per heavy atom. The lowest BCUT2D eigenvalue weighted by molar-refractivity contribution is 0.111. The van der Waals surface area contributed by atoms with E-state index in [0.29, 0.717) is 0 Å². The third kappa shape index (κ3) is 2.01. The Labute approximate surface area is 122 Å². The number of hydrogen-bond donors (Lipinski definition) is 1. The minimum absolute atomic E-state index is 0.0252. The van der Waals surface area contributed by atoms with Crippen LogP contribution >= 0.6 is 0 Å². The summed E-state index contributed by atoms with van der Waals surface area (Å²) in [7, 11) is 0. The lowest BCUT2D eigenvalue weighted by Crippen LogP contribution is -2.34. The average molecular weight is 312 g/mol. The largest absolute Gasteiger partial charge is 0.447 e. The van der Waals surface area contributed by atoms with Crippen molar-refractivity contribution in [2.45, 2.75) is 12.5 Å². The van der Waals surface area contributed by atoms with Crippen molar-refractivity contribution in [2.24, 2.45) is 0 Å². The molecule has 1 aromatic heterocycles. The van der Waals surface area contributed by atoms with Gasteiger partial charge in [-0.1, -0.05) is 5.16 Å². The van der Waals surface area contributed by atoms with Crippen molar-refractivity contribution < 1.29 is 32.7 Å². The van der Waals surface area contributed by atoms with Crippen LogP contribution in [0.15, 0.2) is 10.6 Å². The van der Waals surface area contributed by atoms with Gasteiger partial charge in [0.1, 0.15) is 6.61 Å². The first-order valence-corrected chi connectivity index (χ1v) is 6.38. The molecule has 0 spiro atoms. The van der Waals surface area contributed by atoms with Crippen LogP contribution in [-0.2, 0) is 4.74 Å². The van der Waals surface area contributed by atoms with Gasteiger partial charge < -0.3 is 14.4 Å². The molecular weight excluding hydrogens is 302 g/mol. The van der Waals surface area contributed by atoms with Crippen LogP contribution in [0.25, 0.3) is 11.0 Å². The molecule has 0 unspecified atom stereocenters. The molecule has 1 atom stereocenters. The first-order valence-electron chi connectivity index (χ1n) is 6.38. The number of hydrogen-bond acceptors (Lipinski definition) is 6. The molecular formula is C13H10F2N2O5. The van der Waals surface area contributed by atoms with E-state index in [1.54, 1.807) is 0 Å². The van der Waals surface area contributed by atoms with E-state index in [1.165, 1.54) is 0 Å². The molecule has 0 saturated carbocycles. The van der Waals surface area contributed by atoms with E-state index in [0.717, 1.165) is 11.0 Å². The number of carbonyl (C=O) groups excluding carboxylic acids is 2. The Morgan fingerprint density at radius 3 is 2.91 bits per heavy atom. The van der Waals surface area contributed by atoms with Gasteiger partial charge in [0.2, 0.25) is 11.4 Å². The van der Waals surface area contributed by atoms with Crippen molar-refractivity contribution in [1.82, 2.24) is 5.16 Å². The SMILES string of the molecule is O=Cc1cc2c(N3C(=O)OC[C@@H]3CCO)noc2c(F)c1F. The van der Waals surface area contributed by atoms with Crippen LogP contribution in [0.2, 0.25) is 0 Å². The van der Waals surface area contributed by atoms with E-state index >= 15 is 0 Å². The molecule has 0 bridgehead atoms. The van der Waals surface area contributed by atoms with Gasteiger partial charge in [0.25, 0.3) is 0 Å². The van der Waals surface area contributed by atoms with Crippen LogP contribution in [0.5, 0.6) is 0 Å². The minimum atomic E-state index is -1.36. The number of aliphatic hydroxyl groups excluding tert-OH is 1. The normalized spacial score (nSPS) is 18.0. The third-order valence-corrected chi connectivity index (χ3v) is 3.43. The van der Waals surface area contributed by atoms with E-state index < -0.39 is 34.9 Å². The van der Waals surface area contributed by atoms with E-state index in [1.807, 2.05) is 0 Å². The second-order valence-corrected chi connectivity index (χ2v) is 4.71. The molecule has 0 aliphatic carbocycles. The maximum absolute atomic E-state index is 13.8. The molecule has 1 aliphatic heterocycles. The number of anilines is 1. The average Bonchev–Trinajstić information content (AvgIpc) is 3.07. The number of aldehydes is 1. The number of rotatable bonds is 4. The Morgan fingerprint density at radius 2 is 2.23 bits per heavy atom. The maximum Gasteiger partial charge on any atom is 0.416 e. The lowest BCUT2D eigenvalue weighted by atomic mass is 10.1. The summed E-state index contributed by atoms with van der Waals surface area (Å²) in [4.78, 5) is 23.7. The number of amides is 1. The first kappa shape index (κ1) is 14.4. The van der Waals surface area contributed by atoms with Gasteiger partial charge in [-0.05, 0) is 12.5 Å². The predicted octanol–water partition coefficient (Wildman–Crippen LogP) is 1.63. The molecule has 2 aromatic rings. The standard InChI is InChI=1S/C13H10F2N2O5/c14-9-6(4-19)3-8-11(10(9)15)22-16-12(8)17-7(1-2-18)5-21-13(17)20/h3-4,7,18H,1-2,5H2/t7-/m0/s1. The van der Waals surface area contributed by atoms with Gasteiger partial charge in [-0.3, -0.25) is 9.69 Å². The highest BCUT2D eigenvalue weighted by Gasteiger charge is 2.37. The van der Waals surface area contributed by atoms with Gasteiger partial charge in [0.15, 0.2) is 17.9 Å². The monoisotopic (exact) mass is 312 g/mol. The second-order valence-electron chi connectivity index (χ2n) is 4.71. The molecule has 1 N–H and O–H groups in total. The Kier molecular flexibility index (Phi) is 3.49. The quantitative estimate of drug-likeness (QED) is 0.863. The van der Waals surface area contributed by atoms with Crippen molar-refractivity contribution in [3.05, 3.63) is 23.3 Å². The number of carbonyl (C=O) groups is 2. The van der Waals surface area contributed by atoms with E-state index in [2.05, 4.69) is 5.16 Å². The molecule has 22 heavy (non-hydrogen) atoms. The van der Waals surface area contributed by atoms with E-state index in [4.69, 9.17) is 14.4 Å². The maximum atomic E-state index is 13.8. The fourth-order valence-electron chi connectivity index (χ4n) is 2.36. The summed E-state index contributed by atoms with van der Waals surface area (Å²) >= 11 is 0. The fourth-order valence-corrected chi connectivity index (χ4v) is 2.36. The highest BCUT2D eigenvalue weighted by atomic mass is 19.2. The first-order chi connectivity index (χ1) is 10.6. The molecule has 116 valence electrons. The van der Waals surface area contributed by atoms with Crippen LogP contribution in [0.4, 0.5) is 19.4 Å². The molecule has 7 nitrogen and oxygen atoms in total. The van der Waals surface area contributed by atoms with Crippen LogP contribution in [-0.4, -0.2) is 41.9 Å². The smallest absolute Gasteiger partial charge is 0.416 e. The van der Waals surface area contributed by atoms with Crippen LogP contribution in [0.3, 0.4) is 0 Å². The van der Waals surface area contributed by atoms with Crippen molar-refractivity contribution >= 4 is 29.2 Å². The number of nitrogens with zero attached hydrogens (tertiary/aromatic N) is 2. The number of fused-ring (bicyclic) bond motifs is 1. The predicted molar refractivity (Wildman–Crippen MR) is 68.6 cm³/mol. The summed E-state index contributed by atoms with van der Waals surface area (Å²) in [6.45, 7) is -0.172. The second kappa shape index (κ2) is 5.34. The topological polar surface area (TPSA) is 92.9 Å². The van der Waals surface area contributed by atoms with E-state index in [9.17, 15) is 18.4 Å². The molecule has 1 aliphatic rings. The van der Waals surface area contributed by atoms with Crippen molar-refractivity contribution in [3.63, 3.8) is 0 Å². The molecule has 3 rings (SSSR count). The number of halogens is 2. The Hall–Kier alpha value is -2.55. The van der Waals surface area contributed by atoms with Crippen molar-refractivity contribution in [2.75, 3.05) is 18.1 Å².